The summed E-state index contributed by atoms with van der Waals surface area (Å²) in [5.41, 5.74) is -1.82. The van der Waals surface area contributed by atoms with Gasteiger partial charge in [-0.3, -0.25) is 4.79 Å². The van der Waals surface area contributed by atoms with Crippen LogP contribution in [0, 0.1) is 17.2 Å². The lowest BCUT2D eigenvalue weighted by Gasteiger charge is -2.29. The first kappa shape index (κ1) is 27.7. The van der Waals surface area contributed by atoms with E-state index >= 15 is 0 Å². The zero-order valence-electron chi connectivity index (χ0n) is 20.2. The Morgan fingerprint density at radius 1 is 1.03 bits per heavy atom. The molecule has 2 aromatic rings. The molecule has 1 saturated carbocycles. The number of rotatable bonds is 9. The Kier molecular flexibility index (Phi) is 7.56. The summed E-state index contributed by atoms with van der Waals surface area (Å²) in [7, 11) is -3.38. The van der Waals surface area contributed by atoms with Crippen LogP contribution in [0.25, 0.3) is 11.1 Å². The van der Waals surface area contributed by atoms with Crippen LogP contribution in [0.4, 0.5) is 17.6 Å². The number of alkyl halides is 4. The number of nitrogens with zero attached hydrogens (tertiary/aromatic N) is 1. The van der Waals surface area contributed by atoms with Crippen LogP contribution >= 0.6 is 0 Å². The average molecular weight is 525 g/mol. The van der Waals surface area contributed by atoms with Crippen LogP contribution in [0.2, 0.25) is 0 Å². The standard InChI is InChI=1S/C26H28F4N2O3S/c1-24(2,27)15-20(23(33)32-25(16-31)12-13-25)14-22(26(28,29)30)19-6-4-17(5-7-19)18-8-10-21(11-9-18)36(3,34)35/h4-11,20,22H,12-15H2,1-3H3,(H,32,33). The van der Waals surface area contributed by atoms with Crippen molar-refractivity contribution < 1.29 is 30.8 Å². The van der Waals surface area contributed by atoms with E-state index in [9.17, 15) is 36.0 Å². The molecule has 1 N–H and O–H groups in total. The average Bonchev–Trinajstić information content (AvgIpc) is 3.54. The van der Waals surface area contributed by atoms with Crippen molar-refractivity contribution in [3.05, 3.63) is 54.1 Å². The summed E-state index contributed by atoms with van der Waals surface area (Å²) in [6, 6.07) is 13.6. The van der Waals surface area contributed by atoms with Crippen molar-refractivity contribution >= 4 is 15.7 Å². The number of nitrogens with one attached hydrogen (secondary N) is 1. The number of halogens is 4. The zero-order valence-corrected chi connectivity index (χ0v) is 21.0. The molecule has 0 heterocycles. The maximum atomic E-state index is 14.5. The van der Waals surface area contributed by atoms with E-state index in [2.05, 4.69) is 5.32 Å². The fraction of sp³-hybridized carbons (Fsp3) is 0.462. The van der Waals surface area contributed by atoms with Gasteiger partial charge in [0.2, 0.25) is 5.91 Å². The van der Waals surface area contributed by atoms with E-state index in [1.54, 1.807) is 12.1 Å². The molecule has 0 radical (unpaired) electrons. The van der Waals surface area contributed by atoms with Crippen molar-refractivity contribution in [3.8, 4) is 17.2 Å². The normalized spacial score (nSPS) is 17.1. The highest BCUT2D eigenvalue weighted by atomic mass is 32.2. The van der Waals surface area contributed by atoms with E-state index in [0.29, 0.717) is 24.0 Å². The Morgan fingerprint density at radius 3 is 1.92 bits per heavy atom. The van der Waals surface area contributed by atoms with Gasteiger partial charge in [-0.05, 0) is 68.4 Å². The zero-order chi connectivity index (χ0) is 26.9. The number of hydrogen-bond donors (Lipinski definition) is 1. The minimum atomic E-state index is -4.69. The van der Waals surface area contributed by atoms with Crippen molar-refractivity contribution in [2.75, 3.05) is 6.26 Å². The van der Waals surface area contributed by atoms with Gasteiger partial charge >= 0.3 is 6.18 Å². The Balaban J connectivity index is 1.86. The number of benzene rings is 2. The fourth-order valence-corrected chi connectivity index (χ4v) is 4.77. The molecule has 2 aromatic carbocycles. The smallest absolute Gasteiger partial charge is 0.338 e. The van der Waals surface area contributed by atoms with Crippen LogP contribution in [0.1, 0.15) is 51.0 Å². The molecule has 0 aromatic heterocycles. The number of carbonyl (C=O) groups excluding carboxylic acids is 1. The molecule has 194 valence electrons. The molecule has 5 nitrogen and oxygen atoms in total. The molecular weight excluding hydrogens is 496 g/mol. The Morgan fingerprint density at radius 2 is 1.53 bits per heavy atom. The quantitative estimate of drug-likeness (QED) is 0.425. The monoisotopic (exact) mass is 524 g/mol. The van der Waals surface area contributed by atoms with Gasteiger partial charge in [0.25, 0.3) is 0 Å². The van der Waals surface area contributed by atoms with Crippen LogP contribution in [-0.4, -0.2) is 38.0 Å². The number of hydrogen-bond acceptors (Lipinski definition) is 4. The van der Waals surface area contributed by atoms with Gasteiger partial charge in [-0.15, -0.1) is 0 Å². The molecular formula is C26H28F4N2O3S. The second-order valence-electron chi connectivity index (χ2n) is 10.1. The topological polar surface area (TPSA) is 87.0 Å². The molecule has 2 atom stereocenters. The predicted molar refractivity (Wildman–Crippen MR) is 127 cm³/mol. The molecule has 0 saturated heterocycles. The number of sulfone groups is 1. The van der Waals surface area contributed by atoms with E-state index in [1.807, 2.05) is 6.07 Å². The third-order valence-electron chi connectivity index (χ3n) is 6.27. The summed E-state index contributed by atoms with van der Waals surface area (Å²) in [6.07, 6.45) is -3.86. The summed E-state index contributed by atoms with van der Waals surface area (Å²) in [5, 5.41) is 11.8. The second kappa shape index (κ2) is 9.85. The van der Waals surface area contributed by atoms with E-state index in [4.69, 9.17) is 0 Å². The molecule has 2 unspecified atom stereocenters. The maximum absolute atomic E-state index is 14.5. The van der Waals surface area contributed by atoms with Crippen molar-refractivity contribution in [1.82, 2.24) is 5.32 Å². The number of carbonyl (C=O) groups is 1. The van der Waals surface area contributed by atoms with E-state index < -0.39 is 57.8 Å². The molecule has 36 heavy (non-hydrogen) atoms. The molecule has 1 fully saturated rings. The SMILES string of the molecule is CC(C)(F)CC(CC(c1ccc(-c2ccc(S(C)(=O)=O)cc2)cc1)C(F)(F)F)C(=O)NC1(C#N)CC1. The van der Waals surface area contributed by atoms with Crippen LogP contribution < -0.4 is 5.32 Å². The van der Waals surface area contributed by atoms with Gasteiger partial charge in [-0.1, -0.05) is 36.4 Å². The molecule has 10 heteroatoms. The van der Waals surface area contributed by atoms with E-state index in [0.717, 1.165) is 6.26 Å². The van der Waals surface area contributed by atoms with Gasteiger partial charge in [-0.2, -0.15) is 18.4 Å². The summed E-state index contributed by atoms with van der Waals surface area (Å²) >= 11 is 0. The van der Waals surface area contributed by atoms with E-state index in [-0.39, 0.29) is 10.5 Å². The Bertz CT molecular complexity index is 1240. The van der Waals surface area contributed by atoms with Gasteiger partial charge in [0.15, 0.2) is 9.84 Å². The first-order valence-corrected chi connectivity index (χ1v) is 13.3. The lowest BCUT2D eigenvalue weighted by molar-refractivity contribution is -0.157. The lowest BCUT2D eigenvalue weighted by atomic mass is 9.82. The highest BCUT2D eigenvalue weighted by molar-refractivity contribution is 7.90. The van der Waals surface area contributed by atoms with Crippen LogP contribution in [0.3, 0.4) is 0 Å². The summed E-state index contributed by atoms with van der Waals surface area (Å²) in [5.74, 6) is -4.06. The second-order valence-corrected chi connectivity index (χ2v) is 12.1. The molecule has 0 aliphatic heterocycles. The lowest BCUT2D eigenvalue weighted by Crippen LogP contribution is -2.42. The third kappa shape index (κ3) is 7.06. The molecule has 0 spiro atoms. The summed E-state index contributed by atoms with van der Waals surface area (Å²) in [4.78, 5) is 13.0. The number of nitriles is 1. The summed E-state index contributed by atoms with van der Waals surface area (Å²) in [6.45, 7) is 2.41. The van der Waals surface area contributed by atoms with Crippen molar-refractivity contribution in [2.45, 2.75) is 67.7 Å². The van der Waals surface area contributed by atoms with Gasteiger partial charge in [0.05, 0.1) is 16.9 Å². The fourth-order valence-electron chi connectivity index (χ4n) is 4.14. The van der Waals surface area contributed by atoms with Gasteiger partial charge < -0.3 is 5.32 Å². The van der Waals surface area contributed by atoms with Crippen molar-refractivity contribution in [2.24, 2.45) is 5.92 Å². The maximum Gasteiger partial charge on any atom is 0.395 e. The highest BCUT2D eigenvalue weighted by Crippen LogP contribution is 2.43. The molecule has 1 amide bonds. The van der Waals surface area contributed by atoms with Crippen LogP contribution in [0.15, 0.2) is 53.4 Å². The van der Waals surface area contributed by atoms with Crippen molar-refractivity contribution in [3.63, 3.8) is 0 Å². The van der Waals surface area contributed by atoms with Crippen LogP contribution in [0.5, 0.6) is 0 Å². The molecule has 3 rings (SSSR count). The predicted octanol–water partition coefficient (Wildman–Crippen LogP) is 5.72. The molecule has 1 aliphatic rings. The van der Waals surface area contributed by atoms with Crippen molar-refractivity contribution in [1.29, 1.82) is 5.26 Å². The van der Waals surface area contributed by atoms with E-state index in [1.165, 1.54) is 50.2 Å². The largest absolute Gasteiger partial charge is 0.395 e. The molecule has 0 bridgehead atoms. The van der Waals surface area contributed by atoms with Crippen LogP contribution in [-0.2, 0) is 14.6 Å². The minimum absolute atomic E-state index is 0.0742. The Hall–Kier alpha value is -2.93. The van der Waals surface area contributed by atoms with Gasteiger partial charge in [0, 0.05) is 12.2 Å². The first-order valence-electron chi connectivity index (χ1n) is 11.4. The Labute approximate surface area is 208 Å². The first-order chi connectivity index (χ1) is 16.5. The number of amides is 1. The summed E-state index contributed by atoms with van der Waals surface area (Å²) < 4.78 is 80.1. The highest BCUT2D eigenvalue weighted by Gasteiger charge is 2.48. The molecule has 1 aliphatic carbocycles. The third-order valence-corrected chi connectivity index (χ3v) is 7.40. The van der Waals surface area contributed by atoms with Gasteiger partial charge in [0.1, 0.15) is 11.2 Å². The van der Waals surface area contributed by atoms with Gasteiger partial charge in [-0.25, -0.2) is 12.8 Å². The minimum Gasteiger partial charge on any atom is -0.338 e.